The molecule has 0 saturated carbocycles. The molecule has 0 unspecified atom stereocenters. The van der Waals surface area contributed by atoms with Gasteiger partial charge in [0.2, 0.25) is 0 Å². The number of carbonyl (C=O) groups excluding carboxylic acids is 1. The minimum absolute atomic E-state index is 0.0454. The van der Waals surface area contributed by atoms with E-state index in [0.29, 0.717) is 0 Å². The van der Waals surface area contributed by atoms with Gasteiger partial charge < -0.3 is 0 Å². The van der Waals surface area contributed by atoms with Crippen LogP contribution in [-0.4, -0.2) is 10.8 Å². The largest absolute Gasteiger partial charge is 0.291 e. The summed E-state index contributed by atoms with van der Waals surface area (Å²) in [7, 11) is 0. The molecule has 0 aromatic heterocycles. The molecule has 0 spiro atoms. The first-order chi connectivity index (χ1) is 25.3. The summed E-state index contributed by atoms with van der Waals surface area (Å²) in [6.07, 6.45) is 49.1. The molecular weight excluding hydrogens is 619 g/mol. The second-order valence-corrected chi connectivity index (χ2v) is 15.2. The molecule has 0 N–H and O–H groups in total. The number of allylic oxidation sites excluding steroid dienone is 2. The summed E-state index contributed by atoms with van der Waals surface area (Å²) in [4.78, 5) is 15.4. The quantitative estimate of drug-likeness (QED) is 0.0667. The second kappa shape index (κ2) is 33.2. The Morgan fingerprint density at radius 1 is 0.412 bits per heavy atom. The fourth-order valence-electron chi connectivity index (χ4n) is 7.06. The molecule has 0 radical (unpaired) electrons. The molecule has 0 aliphatic rings. The Hall–Kier alpha value is -2.61. The van der Waals surface area contributed by atoms with Gasteiger partial charge >= 0.3 is 0 Å². The molecule has 2 rings (SSSR count). The fraction of sp³-hybridized carbons (Fsp3) is 0.653. The highest BCUT2D eigenvalue weighted by Crippen LogP contribution is 2.21. The van der Waals surface area contributed by atoms with Gasteiger partial charge in [0.15, 0.2) is 0 Å². The lowest BCUT2D eigenvalue weighted by Crippen LogP contribution is -2.20. The zero-order valence-electron chi connectivity index (χ0n) is 33.6. The molecule has 2 nitrogen and oxygen atoms in total. The van der Waals surface area contributed by atoms with Crippen LogP contribution >= 0.6 is 0 Å². The lowest BCUT2D eigenvalue weighted by atomic mass is 10.0. The third-order valence-electron chi connectivity index (χ3n) is 10.5. The van der Waals surface area contributed by atoms with E-state index < -0.39 is 0 Å². The summed E-state index contributed by atoms with van der Waals surface area (Å²) in [6.45, 7) is 4.59. The molecule has 2 aromatic carbocycles. The topological polar surface area (TPSA) is 20.3 Å². The predicted octanol–water partition coefficient (Wildman–Crippen LogP) is 16.6. The van der Waals surface area contributed by atoms with Gasteiger partial charge in [-0.05, 0) is 48.9 Å². The maximum Gasteiger partial charge on any atom is 0.261 e. The lowest BCUT2D eigenvalue weighted by Gasteiger charge is -2.14. The van der Waals surface area contributed by atoms with Crippen molar-refractivity contribution in [3.63, 3.8) is 0 Å². The molecule has 0 aliphatic carbocycles. The Bertz CT molecular complexity index is 1060. The van der Waals surface area contributed by atoms with Gasteiger partial charge in [-0.2, -0.15) is 0 Å². The van der Waals surface area contributed by atoms with Crippen molar-refractivity contribution in [1.82, 2.24) is 4.90 Å². The molecular formula is C49H79NO. The highest BCUT2D eigenvalue weighted by Gasteiger charge is 2.11. The molecule has 1 amide bonds. The molecule has 0 heterocycles. The van der Waals surface area contributed by atoms with E-state index in [2.05, 4.69) is 62.4 Å². The lowest BCUT2D eigenvalue weighted by molar-refractivity contribution is 0.0869. The van der Waals surface area contributed by atoms with E-state index >= 15 is 0 Å². The van der Waals surface area contributed by atoms with Crippen LogP contribution in [0, 0.1) is 0 Å². The van der Waals surface area contributed by atoms with Crippen molar-refractivity contribution in [2.24, 2.45) is 0 Å². The van der Waals surface area contributed by atoms with Crippen molar-refractivity contribution in [2.45, 2.75) is 206 Å². The Kier molecular flexibility index (Phi) is 29.0. The van der Waals surface area contributed by atoms with Crippen LogP contribution in [0.15, 0.2) is 79.1 Å². The highest BCUT2D eigenvalue weighted by molar-refractivity contribution is 5.96. The summed E-state index contributed by atoms with van der Waals surface area (Å²) in [5.41, 5.74) is 3.05. The van der Waals surface area contributed by atoms with Crippen molar-refractivity contribution < 1.29 is 4.79 Å². The van der Waals surface area contributed by atoms with Gasteiger partial charge in [0.25, 0.3) is 5.91 Å². The normalized spacial score (nSPS) is 11.6. The molecule has 2 heteroatoms. The zero-order valence-corrected chi connectivity index (χ0v) is 33.6. The minimum Gasteiger partial charge on any atom is -0.291 e. The number of hydrogen-bond donors (Lipinski definition) is 0. The first kappa shape index (κ1) is 44.6. The number of unbranched alkanes of at least 4 members (excludes halogenated alkanes) is 28. The standard InChI is InChI=1S/C49H79NO/c1-3-5-7-9-11-13-15-17-19-21-23-25-27-29-31-36-44-50(49(51)48-42-40-47(41-43-48)46-38-34-33-35-39-46)45-37-32-30-28-26-24-22-20-18-16-14-12-10-8-6-4-2/h33-45H,3-32H2,1-2H3. The number of nitrogens with zero attached hydrogens (tertiary/aromatic N) is 1. The highest BCUT2D eigenvalue weighted by atomic mass is 16.2. The van der Waals surface area contributed by atoms with Crippen LogP contribution in [0.4, 0.5) is 0 Å². The maximum absolute atomic E-state index is 13.6. The summed E-state index contributed by atoms with van der Waals surface area (Å²) < 4.78 is 0. The number of rotatable bonds is 34. The number of amides is 1. The van der Waals surface area contributed by atoms with Crippen LogP contribution < -0.4 is 0 Å². The monoisotopic (exact) mass is 698 g/mol. The summed E-state index contributed by atoms with van der Waals surface area (Å²) >= 11 is 0. The third kappa shape index (κ3) is 24.3. The number of benzene rings is 2. The van der Waals surface area contributed by atoms with E-state index in [1.165, 1.54) is 185 Å². The molecule has 0 aliphatic heterocycles. The first-order valence-corrected chi connectivity index (χ1v) is 22.1. The Morgan fingerprint density at radius 2 is 0.725 bits per heavy atom. The van der Waals surface area contributed by atoms with Crippen LogP contribution in [0.1, 0.15) is 217 Å². The van der Waals surface area contributed by atoms with E-state index in [0.717, 1.165) is 24.0 Å². The molecule has 2 aromatic rings. The third-order valence-corrected chi connectivity index (χ3v) is 10.5. The van der Waals surface area contributed by atoms with Crippen LogP contribution in [0.3, 0.4) is 0 Å². The average Bonchev–Trinajstić information content (AvgIpc) is 3.16. The number of carbonyl (C=O) groups is 1. The summed E-state index contributed by atoms with van der Waals surface area (Å²) in [5.74, 6) is 0.0454. The van der Waals surface area contributed by atoms with Gasteiger partial charge in [-0.3, -0.25) is 9.69 Å². The molecule has 286 valence electrons. The van der Waals surface area contributed by atoms with E-state index in [4.69, 9.17) is 0 Å². The van der Waals surface area contributed by atoms with Gasteiger partial charge in [0.05, 0.1) is 0 Å². The van der Waals surface area contributed by atoms with Crippen molar-refractivity contribution in [3.05, 3.63) is 84.7 Å². The van der Waals surface area contributed by atoms with E-state index in [1.54, 1.807) is 0 Å². The van der Waals surface area contributed by atoms with Crippen LogP contribution in [-0.2, 0) is 0 Å². The minimum atomic E-state index is 0.0454. The van der Waals surface area contributed by atoms with E-state index in [1.807, 2.05) is 35.5 Å². The van der Waals surface area contributed by atoms with E-state index in [-0.39, 0.29) is 5.91 Å². The van der Waals surface area contributed by atoms with Gasteiger partial charge in [0.1, 0.15) is 0 Å². The fourth-order valence-corrected chi connectivity index (χ4v) is 7.06. The predicted molar refractivity (Wildman–Crippen MR) is 226 cm³/mol. The summed E-state index contributed by atoms with van der Waals surface area (Å²) in [5, 5.41) is 0. The van der Waals surface area contributed by atoms with Crippen molar-refractivity contribution >= 4 is 5.91 Å². The second-order valence-electron chi connectivity index (χ2n) is 15.2. The molecule has 51 heavy (non-hydrogen) atoms. The Morgan fingerprint density at radius 3 is 1.08 bits per heavy atom. The molecule has 0 bridgehead atoms. The van der Waals surface area contributed by atoms with E-state index in [9.17, 15) is 4.79 Å². The van der Waals surface area contributed by atoms with Crippen LogP contribution in [0.25, 0.3) is 11.1 Å². The van der Waals surface area contributed by atoms with Gasteiger partial charge in [-0.15, -0.1) is 0 Å². The smallest absolute Gasteiger partial charge is 0.261 e. The van der Waals surface area contributed by atoms with Gasteiger partial charge in [-0.1, -0.05) is 235 Å². The van der Waals surface area contributed by atoms with Crippen molar-refractivity contribution in [3.8, 4) is 11.1 Å². The van der Waals surface area contributed by atoms with Crippen LogP contribution in [0.2, 0.25) is 0 Å². The SMILES string of the molecule is CCCCCCCCCCCCCCCCC=CN(C=CCCCCCCCCCCCCCCCC)C(=O)c1ccc(-c2ccccc2)cc1. The first-order valence-electron chi connectivity index (χ1n) is 22.1. The van der Waals surface area contributed by atoms with Crippen LogP contribution in [0.5, 0.6) is 0 Å². The van der Waals surface area contributed by atoms with Crippen molar-refractivity contribution in [1.29, 1.82) is 0 Å². The zero-order chi connectivity index (χ0) is 36.3. The average molecular weight is 698 g/mol. The number of hydrogen-bond acceptors (Lipinski definition) is 1. The molecule has 0 atom stereocenters. The van der Waals surface area contributed by atoms with Crippen molar-refractivity contribution in [2.75, 3.05) is 0 Å². The molecule has 0 saturated heterocycles. The maximum atomic E-state index is 13.6. The summed E-state index contributed by atoms with van der Waals surface area (Å²) in [6, 6.07) is 18.5. The molecule has 0 fully saturated rings. The van der Waals surface area contributed by atoms with Gasteiger partial charge in [-0.25, -0.2) is 0 Å². The van der Waals surface area contributed by atoms with Gasteiger partial charge in [0, 0.05) is 18.0 Å². The Labute approximate surface area is 317 Å². The Balaban J connectivity index is 1.67.